The number of carbonyl (C=O) groups is 1. The normalized spacial score (nSPS) is 21.7. The molecule has 2 heteroatoms. The molecule has 1 aliphatic heterocycles. The number of ketones is 1. The van der Waals surface area contributed by atoms with Crippen LogP contribution in [0.15, 0.2) is 42.7 Å². The van der Waals surface area contributed by atoms with Crippen LogP contribution in [0.5, 0.6) is 0 Å². The molecule has 0 radical (unpaired) electrons. The van der Waals surface area contributed by atoms with E-state index in [1.165, 1.54) is 11.6 Å². The number of hydrogen-bond donors (Lipinski definition) is 0. The van der Waals surface area contributed by atoms with Gasteiger partial charge in [-0.25, -0.2) is 0 Å². The van der Waals surface area contributed by atoms with Crippen molar-refractivity contribution in [3.05, 3.63) is 48.2 Å². The van der Waals surface area contributed by atoms with Crippen molar-refractivity contribution in [2.75, 3.05) is 0 Å². The second-order valence-electron chi connectivity index (χ2n) is 5.39. The summed E-state index contributed by atoms with van der Waals surface area (Å²) in [6.07, 6.45) is 6.07. The standard InChI is InChI=1S/C16H20O2/c1-16(2)14(17)11-12-18-15(16)10-6-9-13-7-4-3-5-8-13/h3-5,7-8,11-12,15H,6,9-10H2,1-2H3. The van der Waals surface area contributed by atoms with E-state index in [-0.39, 0.29) is 11.9 Å². The zero-order valence-corrected chi connectivity index (χ0v) is 11.1. The summed E-state index contributed by atoms with van der Waals surface area (Å²) in [5.41, 5.74) is 0.943. The van der Waals surface area contributed by atoms with Crippen LogP contribution >= 0.6 is 0 Å². The van der Waals surface area contributed by atoms with E-state index in [0.29, 0.717) is 0 Å². The Hall–Kier alpha value is -1.57. The predicted octanol–water partition coefficient (Wildman–Crippen LogP) is 3.52. The SMILES string of the molecule is CC1(C)C(=O)C=COC1CCCc1ccccc1. The van der Waals surface area contributed by atoms with Gasteiger partial charge in [-0.1, -0.05) is 30.3 Å². The minimum Gasteiger partial charge on any atom is -0.497 e. The topological polar surface area (TPSA) is 26.3 Å². The third-order valence-corrected chi connectivity index (χ3v) is 3.68. The molecule has 0 N–H and O–H groups in total. The van der Waals surface area contributed by atoms with Gasteiger partial charge in [0.15, 0.2) is 5.78 Å². The van der Waals surface area contributed by atoms with Gasteiger partial charge in [-0.3, -0.25) is 4.79 Å². The molecule has 1 heterocycles. The monoisotopic (exact) mass is 244 g/mol. The Bertz CT molecular complexity index is 432. The molecule has 2 rings (SSSR count). The predicted molar refractivity (Wildman–Crippen MR) is 72.2 cm³/mol. The van der Waals surface area contributed by atoms with E-state index in [1.807, 2.05) is 19.9 Å². The number of ether oxygens (including phenoxy) is 1. The minimum absolute atomic E-state index is 0.00119. The van der Waals surface area contributed by atoms with Gasteiger partial charge in [0.2, 0.25) is 0 Å². The number of carbonyl (C=O) groups excluding carboxylic acids is 1. The Morgan fingerprint density at radius 1 is 1.22 bits per heavy atom. The highest BCUT2D eigenvalue weighted by Crippen LogP contribution is 2.32. The average Bonchev–Trinajstić information content (AvgIpc) is 2.36. The molecule has 0 saturated heterocycles. The van der Waals surface area contributed by atoms with E-state index in [9.17, 15) is 4.79 Å². The molecule has 2 nitrogen and oxygen atoms in total. The molecule has 1 unspecified atom stereocenters. The van der Waals surface area contributed by atoms with Crippen LogP contribution in [0.25, 0.3) is 0 Å². The van der Waals surface area contributed by atoms with Gasteiger partial charge in [0, 0.05) is 6.08 Å². The molecule has 0 spiro atoms. The second-order valence-corrected chi connectivity index (χ2v) is 5.39. The number of rotatable bonds is 4. The molecule has 0 aliphatic carbocycles. The van der Waals surface area contributed by atoms with Crippen LogP contribution in [0.1, 0.15) is 32.3 Å². The smallest absolute Gasteiger partial charge is 0.168 e. The van der Waals surface area contributed by atoms with Gasteiger partial charge in [0.25, 0.3) is 0 Å². The molecule has 0 saturated carbocycles. The van der Waals surface area contributed by atoms with Crippen molar-refractivity contribution < 1.29 is 9.53 Å². The van der Waals surface area contributed by atoms with Gasteiger partial charge in [0.05, 0.1) is 11.7 Å². The van der Waals surface area contributed by atoms with Crippen LogP contribution in [0.4, 0.5) is 0 Å². The summed E-state index contributed by atoms with van der Waals surface area (Å²) in [5.74, 6) is 0.165. The Kier molecular flexibility index (Phi) is 3.85. The number of aryl methyl sites for hydroxylation is 1. The van der Waals surface area contributed by atoms with E-state index in [0.717, 1.165) is 19.3 Å². The van der Waals surface area contributed by atoms with Gasteiger partial charge in [-0.15, -0.1) is 0 Å². The fraction of sp³-hybridized carbons (Fsp3) is 0.438. The van der Waals surface area contributed by atoms with Crippen LogP contribution in [0, 0.1) is 5.41 Å². The summed E-state index contributed by atoms with van der Waals surface area (Å²) >= 11 is 0. The summed E-state index contributed by atoms with van der Waals surface area (Å²) in [4.78, 5) is 11.8. The Labute approximate surface area is 109 Å². The summed E-state index contributed by atoms with van der Waals surface area (Å²) in [6.45, 7) is 3.93. The maximum Gasteiger partial charge on any atom is 0.168 e. The maximum atomic E-state index is 11.8. The number of allylic oxidation sites excluding steroid dienone is 1. The Balaban J connectivity index is 1.87. The number of benzene rings is 1. The molecule has 0 aromatic heterocycles. The highest BCUT2D eigenvalue weighted by atomic mass is 16.5. The molecular formula is C16H20O2. The van der Waals surface area contributed by atoms with Gasteiger partial charge < -0.3 is 4.74 Å². The van der Waals surface area contributed by atoms with Gasteiger partial charge in [0.1, 0.15) is 6.10 Å². The highest BCUT2D eigenvalue weighted by Gasteiger charge is 2.38. The molecule has 18 heavy (non-hydrogen) atoms. The lowest BCUT2D eigenvalue weighted by Gasteiger charge is -2.34. The summed E-state index contributed by atoms with van der Waals surface area (Å²) in [6, 6.07) is 10.4. The van der Waals surface area contributed by atoms with Gasteiger partial charge in [-0.05, 0) is 38.7 Å². The molecule has 0 bridgehead atoms. The largest absolute Gasteiger partial charge is 0.497 e. The first-order valence-corrected chi connectivity index (χ1v) is 6.51. The maximum absolute atomic E-state index is 11.8. The lowest BCUT2D eigenvalue weighted by molar-refractivity contribution is -0.131. The van der Waals surface area contributed by atoms with Crippen LogP contribution in [0.2, 0.25) is 0 Å². The first-order chi connectivity index (χ1) is 8.60. The Morgan fingerprint density at radius 3 is 2.67 bits per heavy atom. The van der Waals surface area contributed by atoms with Crippen molar-refractivity contribution in [1.82, 2.24) is 0 Å². The molecule has 1 aromatic carbocycles. The fourth-order valence-electron chi connectivity index (χ4n) is 2.30. The molecule has 0 amide bonds. The second kappa shape index (κ2) is 5.38. The van der Waals surface area contributed by atoms with E-state index >= 15 is 0 Å². The molecule has 1 atom stereocenters. The van der Waals surface area contributed by atoms with Crippen molar-refractivity contribution in [2.45, 2.75) is 39.2 Å². The first-order valence-electron chi connectivity index (χ1n) is 6.51. The molecule has 96 valence electrons. The molecule has 1 aliphatic rings. The van der Waals surface area contributed by atoms with E-state index < -0.39 is 5.41 Å². The van der Waals surface area contributed by atoms with Gasteiger partial charge >= 0.3 is 0 Å². The first kappa shape index (κ1) is 12.9. The van der Waals surface area contributed by atoms with Crippen LogP contribution < -0.4 is 0 Å². The molecular weight excluding hydrogens is 224 g/mol. The Morgan fingerprint density at radius 2 is 1.94 bits per heavy atom. The van der Waals surface area contributed by atoms with Crippen LogP contribution in [-0.2, 0) is 16.0 Å². The van der Waals surface area contributed by atoms with E-state index in [4.69, 9.17) is 4.74 Å². The van der Waals surface area contributed by atoms with E-state index in [1.54, 1.807) is 6.26 Å². The number of hydrogen-bond acceptors (Lipinski definition) is 2. The van der Waals surface area contributed by atoms with Crippen LogP contribution in [0.3, 0.4) is 0 Å². The molecule has 0 fully saturated rings. The minimum atomic E-state index is -0.397. The quantitative estimate of drug-likeness (QED) is 0.810. The average molecular weight is 244 g/mol. The summed E-state index contributed by atoms with van der Waals surface area (Å²) in [7, 11) is 0. The van der Waals surface area contributed by atoms with Crippen molar-refractivity contribution in [2.24, 2.45) is 5.41 Å². The van der Waals surface area contributed by atoms with E-state index in [2.05, 4.69) is 24.3 Å². The zero-order valence-electron chi connectivity index (χ0n) is 11.1. The summed E-state index contributed by atoms with van der Waals surface area (Å²) < 4.78 is 5.60. The van der Waals surface area contributed by atoms with Gasteiger partial charge in [-0.2, -0.15) is 0 Å². The van der Waals surface area contributed by atoms with Crippen molar-refractivity contribution in [3.63, 3.8) is 0 Å². The molecule has 1 aromatic rings. The zero-order chi connectivity index (χ0) is 13.0. The fourth-order valence-corrected chi connectivity index (χ4v) is 2.30. The lowest BCUT2D eigenvalue weighted by Crippen LogP contribution is -2.40. The third kappa shape index (κ3) is 2.81. The summed E-state index contributed by atoms with van der Waals surface area (Å²) in [5, 5.41) is 0. The lowest BCUT2D eigenvalue weighted by atomic mass is 9.78. The third-order valence-electron chi connectivity index (χ3n) is 3.68. The highest BCUT2D eigenvalue weighted by molar-refractivity contribution is 5.95. The van der Waals surface area contributed by atoms with Crippen molar-refractivity contribution >= 4 is 5.78 Å². The van der Waals surface area contributed by atoms with Crippen molar-refractivity contribution in [3.8, 4) is 0 Å². The van der Waals surface area contributed by atoms with Crippen LogP contribution in [-0.4, -0.2) is 11.9 Å². The van der Waals surface area contributed by atoms with Crippen molar-refractivity contribution in [1.29, 1.82) is 0 Å².